The number of hydrogen-bond acceptors (Lipinski definition) is 5. The lowest BCUT2D eigenvalue weighted by Gasteiger charge is -2.05. The molecule has 1 heterocycles. The fourth-order valence-corrected chi connectivity index (χ4v) is 4.76. The number of halogens is 1. The number of fused-ring (bicyclic) bond motifs is 1. The van der Waals surface area contributed by atoms with Gasteiger partial charge in [-0.05, 0) is 23.8 Å². The number of amidine groups is 1. The van der Waals surface area contributed by atoms with Gasteiger partial charge in [0.1, 0.15) is 11.7 Å². The Morgan fingerprint density at radius 1 is 1.14 bits per heavy atom. The van der Waals surface area contributed by atoms with Gasteiger partial charge in [0.25, 0.3) is 10.0 Å². The number of nitrogens with one attached hydrogen (secondary N) is 2. The van der Waals surface area contributed by atoms with Gasteiger partial charge >= 0.3 is 0 Å². The zero-order valence-corrected chi connectivity index (χ0v) is 16.7. The van der Waals surface area contributed by atoms with Crippen LogP contribution in [0, 0.1) is 5.82 Å². The quantitative estimate of drug-likeness (QED) is 0.641. The van der Waals surface area contributed by atoms with E-state index < -0.39 is 10.0 Å². The molecule has 2 aromatic rings. The van der Waals surface area contributed by atoms with Gasteiger partial charge in [-0.3, -0.25) is 14.5 Å². The van der Waals surface area contributed by atoms with Crippen LogP contribution in [0.4, 0.5) is 4.39 Å². The SMILES string of the molecule is O=C(CCN=C1NS(=O)(=O)c2ccccc21)NCCSCc1ccccc1F. The summed E-state index contributed by atoms with van der Waals surface area (Å²) in [6.45, 7) is 0.657. The molecule has 0 aliphatic carbocycles. The number of amides is 1. The van der Waals surface area contributed by atoms with Crippen LogP contribution in [0.15, 0.2) is 58.4 Å². The Kier molecular flexibility index (Phi) is 6.69. The van der Waals surface area contributed by atoms with Crippen molar-refractivity contribution in [3.05, 3.63) is 65.5 Å². The summed E-state index contributed by atoms with van der Waals surface area (Å²) in [5, 5.41) is 2.78. The zero-order chi connectivity index (χ0) is 20.0. The number of thioether (sulfide) groups is 1. The molecule has 1 aliphatic rings. The van der Waals surface area contributed by atoms with Crippen molar-refractivity contribution in [1.82, 2.24) is 10.0 Å². The Hall–Kier alpha value is -2.39. The minimum atomic E-state index is -3.56. The lowest BCUT2D eigenvalue weighted by atomic mass is 10.2. The summed E-state index contributed by atoms with van der Waals surface area (Å²) in [6, 6.07) is 13.2. The first kappa shape index (κ1) is 20.3. The van der Waals surface area contributed by atoms with Crippen LogP contribution in [0.3, 0.4) is 0 Å². The third-order valence-corrected chi connectivity index (χ3v) is 6.46. The van der Waals surface area contributed by atoms with E-state index in [1.54, 1.807) is 36.4 Å². The monoisotopic (exact) mass is 421 g/mol. The van der Waals surface area contributed by atoms with E-state index in [0.717, 1.165) is 0 Å². The van der Waals surface area contributed by atoms with E-state index in [-0.39, 0.29) is 35.4 Å². The molecule has 1 aliphatic heterocycles. The lowest BCUT2D eigenvalue weighted by Crippen LogP contribution is -2.27. The average Bonchev–Trinajstić information content (AvgIpc) is 2.94. The second-order valence-corrected chi connectivity index (χ2v) is 8.83. The molecule has 0 saturated heterocycles. The Morgan fingerprint density at radius 3 is 2.71 bits per heavy atom. The maximum Gasteiger partial charge on any atom is 0.263 e. The second-order valence-electron chi connectivity index (χ2n) is 6.08. The van der Waals surface area contributed by atoms with Crippen LogP contribution in [0.25, 0.3) is 0 Å². The highest BCUT2D eigenvalue weighted by molar-refractivity contribution is 7.98. The van der Waals surface area contributed by atoms with Crippen LogP contribution in [0.2, 0.25) is 0 Å². The summed E-state index contributed by atoms with van der Waals surface area (Å²) in [5.74, 6) is 1.11. The normalized spacial score (nSPS) is 15.8. The molecule has 2 N–H and O–H groups in total. The Morgan fingerprint density at radius 2 is 1.89 bits per heavy atom. The van der Waals surface area contributed by atoms with E-state index in [1.807, 2.05) is 0 Å². The fourth-order valence-electron chi connectivity index (χ4n) is 2.67. The van der Waals surface area contributed by atoms with Crippen molar-refractivity contribution < 1.29 is 17.6 Å². The second kappa shape index (κ2) is 9.20. The molecule has 0 aromatic heterocycles. The van der Waals surface area contributed by atoms with Crippen molar-refractivity contribution in [2.45, 2.75) is 17.1 Å². The molecule has 0 unspecified atom stereocenters. The van der Waals surface area contributed by atoms with Gasteiger partial charge < -0.3 is 5.32 Å². The van der Waals surface area contributed by atoms with Gasteiger partial charge in [0.15, 0.2) is 0 Å². The van der Waals surface area contributed by atoms with Crippen molar-refractivity contribution in [3.63, 3.8) is 0 Å². The first-order valence-corrected chi connectivity index (χ1v) is 11.4. The van der Waals surface area contributed by atoms with Gasteiger partial charge in [-0.15, -0.1) is 0 Å². The predicted molar refractivity (Wildman–Crippen MR) is 108 cm³/mol. The highest BCUT2D eigenvalue weighted by Crippen LogP contribution is 2.22. The molecule has 0 spiro atoms. The Bertz CT molecular complexity index is 993. The number of carbonyl (C=O) groups is 1. The molecule has 9 heteroatoms. The van der Waals surface area contributed by atoms with Gasteiger partial charge in [-0.25, -0.2) is 12.8 Å². The molecule has 148 valence electrons. The molecule has 0 saturated carbocycles. The van der Waals surface area contributed by atoms with Crippen molar-refractivity contribution in [2.24, 2.45) is 4.99 Å². The smallest absolute Gasteiger partial charge is 0.263 e. The highest BCUT2D eigenvalue weighted by atomic mass is 32.2. The van der Waals surface area contributed by atoms with E-state index in [1.165, 1.54) is 23.9 Å². The van der Waals surface area contributed by atoms with Crippen LogP contribution >= 0.6 is 11.8 Å². The highest BCUT2D eigenvalue weighted by Gasteiger charge is 2.29. The van der Waals surface area contributed by atoms with E-state index in [9.17, 15) is 17.6 Å². The van der Waals surface area contributed by atoms with Crippen molar-refractivity contribution in [1.29, 1.82) is 0 Å². The minimum Gasteiger partial charge on any atom is -0.355 e. The molecule has 0 atom stereocenters. The van der Waals surface area contributed by atoms with Gasteiger partial charge in [0, 0.05) is 30.0 Å². The van der Waals surface area contributed by atoms with E-state index in [4.69, 9.17) is 0 Å². The number of aliphatic imine (C=N–C) groups is 1. The molecule has 6 nitrogen and oxygen atoms in total. The van der Waals surface area contributed by atoms with Crippen molar-refractivity contribution >= 4 is 33.5 Å². The van der Waals surface area contributed by atoms with Crippen molar-refractivity contribution in [3.8, 4) is 0 Å². The van der Waals surface area contributed by atoms with Crippen LogP contribution in [-0.2, 0) is 20.6 Å². The van der Waals surface area contributed by atoms with Gasteiger partial charge in [-0.1, -0.05) is 30.3 Å². The number of sulfonamides is 1. The molecule has 0 radical (unpaired) electrons. The summed E-state index contributed by atoms with van der Waals surface area (Å²) in [5.41, 5.74) is 1.17. The third-order valence-electron chi connectivity index (χ3n) is 4.06. The number of hydrogen-bond donors (Lipinski definition) is 2. The molecular weight excluding hydrogens is 401 g/mol. The fraction of sp³-hybridized carbons (Fsp3) is 0.263. The van der Waals surface area contributed by atoms with E-state index in [0.29, 0.717) is 29.2 Å². The van der Waals surface area contributed by atoms with Crippen LogP contribution in [-0.4, -0.2) is 39.0 Å². The van der Waals surface area contributed by atoms with Gasteiger partial charge in [0.05, 0.1) is 11.4 Å². The third kappa shape index (κ3) is 5.11. The van der Waals surface area contributed by atoms with E-state index >= 15 is 0 Å². The summed E-state index contributed by atoms with van der Waals surface area (Å²) in [4.78, 5) is 16.3. The lowest BCUT2D eigenvalue weighted by molar-refractivity contribution is -0.120. The maximum atomic E-state index is 13.5. The number of carbonyl (C=O) groups excluding carboxylic acids is 1. The molecule has 28 heavy (non-hydrogen) atoms. The van der Waals surface area contributed by atoms with Crippen LogP contribution in [0.5, 0.6) is 0 Å². The molecule has 3 rings (SSSR count). The molecule has 2 aromatic carbocycles. The maximum absolute atomic E-state index is 13.5. The number of benzene rings is 2. The number of nitrogens with zero attached hydrogens (tertiary/aromatic N) is 1. The van der Waals surface area contributed by atoms with Gasteiger partial charge in [0.2, 0.25) is 5.91 Å². The minimum absolute atomic E-state index is 0.158. The number of rotatable bonds is 8. The first-order valence-electron chi connectivity index (χ1n) is 8.72. The summed E-state index contributed by atoms with van der Waals surface area (Å²) in [6.07, 6.45) is 0.158. The molecule has 1 amide bonds. The van der Waals surface area contributed by atoms with E-state index in [2.05, 4.69) is 15.0 Å². The Labute approximate surface area is 167 Å². The largest absolute Gasteiger partial charge is 0.355 e. The molecule has 0 bridgehead atoms. The van der Waals surface area contributed by atoms with Crippen LogP contribution < -0.4 is 10.0 Å². The average molecular weight is 422 g/mol. The standard InChI is InChI=1S/C19H20FN3O3S2/c20-16-7-3-1-5-14(16)13-27-12-11-21-18(24)9-10-22-19-15-6-2-4-8-17(15)28(25,26)23-19/h1-8H,9-13H2,(H,21,24)(H,22,23). The van der Waals surface area contributed by atoms with Crippen LogP contribution in [0.1, 0.15) is 17.5 Å². The summed E-state index contributed by atoms with van der Waals surface area (Å²) >= 11 is 1.54. The van der Waals surface area contributed by atoms with Crippen molar-refractivity contribution in [2.75, 3.05) is 18.8 Å². The zero-order valence-electron chi connectivity index (χ0n) is 15.0. The summed E-state index contributed by atoms with van der Waals surface area (Å²) < 4.78 is 39.9. The Balaban J connectivity index is 1.38. The summed E-state index contributed by atoms with van der Waals surface area (Å²) in [7, 11) is -3.56. The first-order chi connectivity index (χ1) is 13.5. The topological polar surface area (TPSA) is 87.6 Å². The predicted octanol–water partition coefficient (Wildman–Crippen LogP) is 2.30. The molecular formula is C19H20FN3O3S2. The molecule has 0 fully saturated rings. The van der Waals surface area contributed by atoms with Gasteiger partial charge in [-0.2, -0.15) is 11.8 Å².